The van der Waals surface area contributed by atoms with Crippen LogP contribution in [0.4, 0.5) is 0 Å². The van der Waals surface area contributed by atoms with Gasteiger partial charge in [-0.1, -0.05) is 6.92 Å². The summed E-state index contributed by atoms with van der Waals surface area (Å²) in [5.74, 6) is -5.99. The molecule has 0 saturated heterocycles. The van der Waals surface area contributed by atoms with Gasteiger partial charge in [-0.3, -0.25) is 14.4 Å². The van der Waals surface area contributed by atoms with Gasteiger partial charge in [-0.05, 0) is 0 Å². The van der Waals surface area contributed by atoms with E-state index in [1.165, 1.54) is 6.92 Å². The van der Waals surface area contributed by atoms with E-state index >= 15 is 0 Å². The van der Waals surface area contributed by atoms with E-state index in [1.807, 2.05) is 0 Å². The van der Waals surface area contributed by atoms with Gasteiger partial charge in [0.2, 0.25) is 5.91 Å². The number of methoxy groups -OCH3 is 3. The van der Waals surface area contributed by atoms with Crippen molar-refractivity contribution in [2.24, 2.45) is 11.8 Å². The summed E-state index contributed by atoms with van der Waals surface area (Å²) in [6.45, 7) is 0.513. The van der Waals surface area contributed by atoms with Crippen LogP contribution in [0.15, 0.2) is 0 Å². The molecule has 0 aliphatic carbocycles. The number of hydrogen-bond acceptors (Lipinski definition) is 8. The number of rotatable bonds is 7. The first kappa shape index (κ1) is 18.8. The maximum absolute atomic E-state index is 11.7. The summed E-state index contributed by atoms with van der Waals surface area (Å²) in [5, 5.41) is 10.9. The fourth-order valence-corrected chi connectivity index (χ4v) is 1.72. The maximum Gasteiger partial charge on any atom is 0.328 e. The van der Waals surface area contributed by atoms with Crippen LogP contribution in [-0.2, 0) is 33.4 Å². The van der Waals surface area contributed by atoms with E-state index in [1.54, 1.807) is 0 Å². The van der Waals surface area contributed by atoms with Crippen molar-refractivity contribution < 1.29 is 38.5 Å². The zero-order valence-electron chi connectivity index (χ0n) is 12.2. The second-order valence-corrected chi connectivity index (χ2v) is 4.11. The van der Waals surface area contributed by atoms with Gasteiger partial charge in [0.15, 0.2) is 5.92 Å². The molecule has 2 N–H and O–H groups in total. The van der Waals surface area contributed by atoms with E-state index in [4.69, 9.17) is 5.11 Å². The van der Waals surface area contributed by atoms with Crippen LogP contribution in [0.25, 0.3) is 0 Å². The smallest absolute Gasteiger partial charge is 0.328 e. The number of hydrogen-bond donors (Lipinski definition) is 2. The van der Waals surface area contributed by atoms with Gasteiger partial charge in [0.25, 0.3) is 0 Å². The average Bonchev–Trinajstić information content (AvgIpc) is 2.50. The van der Waals surface area contributed by atoms with Crippen LogP contribution in [-0.4, -0.2) is 62.9 Å². The molecule has 9 nitrogen and oxygen atoms in total. The van der Waals surface area contributed by atoms with E-state index in [-0.39, 0.29) is 0 Å². The van der Waals surface area contributed by atoms with Gasteiger partial charge in [0, 0.05) is 5.92 Å². The fourth-order valence-electron chi connectivity index (χ4n) is 1.72. The van der Waals surface area contributed by atoms with Gasteiger partial charge in [0.05, 0.1) is 21.3 Å². The Balaban J connectivity index is 5.41. The lowest BCUT2D eigenvalue weighted by Crippen LogP contribution is -2.51. The molecule has 0 radical (unpaired) electrons. The zero-order chi connectivity index (χ0) is 16.6. The molecule has 2 atom stereocenters. The van der Waals surface area contributed by atoms with Crippen LogP contribution in [0.1, 0.15) is 6.92 Å². The minimum Gasteiger partial charge on any atom is -0.468 e. The second kappa shape index (κ2) is 8.90. The van der Waals surface area contributed by atoms with Gasteiger partial charge in [0.1, 0.15) is 12.6 Å². The van der Waals surface area contributed by atoms with Crippen LogP contribution in [0, 0.1) is 11.8 Å². The predicted octanol–water partition coefficient (Wildman–Crippen LogP) is -1.77. The highest BCUT2D eigenvalue weighted by Gasteiger charge is 2.42. The molecule has 0 rings (SSSR count). The molecule has 120 valence electrons. The van der Waals surface area contributed by atoms with Crippen molar-refractivity contribution in [3.05, 3.63) is 0 Å². The number of amides is 1. The summed E-state index contributed by atoms with van der Waals surface area (Å²) in [5.41, 5.74) is 0. The lowest BCUT2D eigenvalue weighted by atomic mass is 9.87. The summed E-state index contributed by atoms with van der Waals surface area (Å²) < 4.78 is 13.5. The third-order valence-corrected chi connectivity index (χ3v) is 2.88. The Morgan fingerprint density at radius 2 is 1.38 bits per heavy atom. The standard InChI is InChI=1S/C12H19NO8/c1-6(8(10(16)19-2)11(17)20-3)9(12(18)21-4)13-7(15)5-14/h6,8-9,14H,5H2,1-4H3,(H,13,15)/t6-,9-/m1/s1. The molecule has 0 saturated carbocycles. The third kappa shape index (κ3) is 5.03. The van der Waals surface area contributed by atoms with Gasteiger partial charge in [-0.15, -0.1) is 0 Å². The van der Waals surface area contributed by atoms with Gasteiger partial charge in [-0.25, -0.2) is 4.79 Å². The summed E-state index contributed by atoms with van der Waals surface area (Å²) in [6, 6.07) is -1.32. The van der Waals surface area contributed by atoms with E-state index in [0.29, 0.717) is 0 Å². The van der Waals surface area contributed by atoms with E-state index in [9.17, 15) is 19.2 Å². The number of carbonyl (C=O) groups excluding carboxylic acids is 4. The summed E-state index contributed by atoms with van der Waals surface area (Å²) >= 11 is 0. The summed E-state index contributed by atoms with van der Waals surface area (Å²) in [4.78, 5) is 46.3. The highest BCUT2D eigenvalue weighted by atomic mass is 16.5. The van der Waals surface area contributed by atoms with Crippen molar-refractivity contribution in [3.8, 4) is 0 Å². The number of aliphatic hydroxyl groups excluding tert-OH is 1. The Hall–Kier alpha value is -2.16. The number of carbonyl (C=O) groups is 4. The maximum atomic E-state index is 11.7. The lowest BCUT2D eigenvalue weighted by molar-refractivity contribution is -0.163. The molecule has 0 aromatic rings. The number of esters is 3. The van der Waals surface area contributed by atoms with Crippen molar-refractivity contribution in [2.45, 2.75) is 13.0 Å². The first-order valence-electron chi connectivity index (χ1n) is 5.97. The van der Waals surface area contributed by atoms with E-state index in [2.05, 4.69) is 19.5 Å². The molecule has 21 heavy (non-hydrogen) atoms. The van der Waals surface area contributed by atoms with Crippen LogP contribution < -0.4 is 5.32 Å². The van der Waals surface area contributed by atoms with Crippen LogP contribution in [0.2, 0.25) is 0 Å². The fraction of sp³-hybridized carbons (Fsp3) is 0.667. The Morgan fingerprint density at radius 3 is 1.71 bits per heavy atom. The largest absolute Gasteiger partial charge is 0.468 e. The minimum atomic E-state index is -1.43. The molecule has 0 aliphatic rings. The molecule has 0 bridgehead atoms. The Bertz CT molecular complexity index is 392. The molecule has 0 aliphatic heterocycles. The molecule has 0 fully saturated rings. The first-order valence-corrected chi connectivity index (χ1v) is 5.97. The molecule has 0 spiro atoms. The molecular weight excluding hydrogens is 286 g/mol. The van der Waals surface area contributed by atoms with Crippen molar-refractivity contribution >= 4 is 23.8 Å². The highest BCUT2D eigenvalue weighted by molar-refractivity contribution is 5.96. The molecule has 0 aromatic heterocycles. The molecular formula is C12H19NO8. The molecule has 9 heteroatoms. The number of ether oxygens (including phenoxy) is 3. The summed E-state index contributed by atoms with van der Waals surface area (Å²) in [6.07, 6.45) is 0. The molecule has 0 unspecified atom stereocenters. The Labute approximate surface area is 121 Å². The van der Waals surface area contributed by atoms with Gasteiger partial charge in [-0.2, -0.15) is 0 Å². The third-order valence-electron chi connectivity index (χ3n) is 2.88. The van der Waals surface area contributed by atoms with Crippen LogP contribution >= 0.6 is 0 Å². The molecule has 0 aromatic carbocycles. The van der Waals surface area contributed by atoms with Gasteiger partial charge < -0.3 is 24.6 Å². The Morgan fingerprint density at radius 1 is 0.952 bits per heavy atom. The molecule has 1 amide bonds. The Kier molecular flexibility index (Phi) is 7.99. The number of aliphatic hydroxyl groups is 1. The topological polar surface area (TPSA) is 128 Å². The highest BCUT2D eigenvalue weighted by Crippen LogP contribution is 2.20. The first-order chi connectivity index (χ1) is 9.83. The normalized spacial score (nSPS) is 13.0. The van der Waals surface area contributed by atoms with Crippen molar-refractivity contribution in [1.29, 1.82) is 0 Å². The van der Waals surface area contributed by atoms with Crippen molar-refractivity contribution in [1.82, 2.24) is 5.32 Å². The monoisotopic (exact) mass is 305 g/mol. The minimum absolute atomic E-state index is 0.856. The number of nitrogens with one attached hydrogen (secondary N) is 1. The molecule has 0 heterocycles. The van der Waals surface area contributed by atoms with E-state index < -0.39 is 48.3 Å². The van der Waals surface area contributed by atoms with Crippen LogP contribution in [0.3, 0.4) is 0 Å². The lowest BCUT2D eigenvalue weighted by Gasteiger charge is -2.26. The average molecular weight is 305 g/mol. The second-order valence-electron chi connectivity index (χ2n) is 4.11. The van der Waals surface area contributed by atoms with E-state index in [0.717, 1.165) is 21.3 Å². The van der Waals surface area contributed by atoms with Crippen molar-refractivity contribution in [3.63, 3.8) is 0 Å². The van der Waals surface area contributed by atoms with Crippen molar-refractivity contribution in [2.75, 3.05) is 27.9 Å². The predicted molar refractivity (Wildman–Crippen MR) is 67.7 cm³/mol. The SMILES string of the molecule is COC(=O)C(C(=O)OC)[C@@H](C)[C@@H](NC(=O)CO)C(=O)OC. The summed E-state index contributed by atoms with van der Waals surface area (Å²) in [7, 11) is 3.23. The quantitative estimate of drug-likeness (QED) is 0.321. The van der Waals surface area contributed by atoms with Crippen LogP contribution in [0.5, 0.6) is 0 Å². The van der Waals surface area contributed by atoms with Gasteiger partial charge >= 0.3 is 17.9 Å². The zero-order valence-corrected chi connectivity index (χ0v) is 12.2.